The van der Waals surface area contributed by atoms with Crippen LogP contribution in [0.4, 0.5) is 4.79 Å². The van der Waals surface area contributed by atoms with Crippen LogP contribution in [0.25, 0.3) is 0 Å². The van der Waals surface area contributed by atoms with Gasteiger partial charge in [-0.05, 0) is 39.5 Å². The first-order chi connectivity index (χ1) is 9.15. The minimum absolute atomic E-state index is 0.308. The second-order valence-electron chi connectivity index (χ2n) is 6.65. The van der Waals surface area contributed by atoms with E-state index in [0.29, 0.717) is 31.0 Å². The van der Waals surface area contributed by atoms with E-state index in [0.717, 1.165) is 6.54 Å². The van der Waals surface area contributed by atoms with Gasteiger partial charge in [-0.1, -0.05) is 13.8 Å². The Kier molecular flexibility index (Phi) is 8.81. The minimum atomic E-state index is -0.456. The fourth-order valence-electron chi connectivity index (χ4n) is 1.73. The molecule has 0 heterocycles. The van der Waals surface area contributed by atoms with Crippen molar-refractivity contribution in [3.8, 4) is 0 Å². The second-order valence-corrected chi connectivity index (χ2v) is 6.65. The average molecular weight is 288 g/mol. The predicted octanol–water partition coefficient (Wildman–Crippen LogP) is 2.41. The highest BCUT2D eigenvalue weighted by Gasteiger charge is 2.19. The Labute approximate surface area is 123 Å². The van der Waals surface area contributed by atoms with Gasteiger partial charge in [-0.3, -0.25) is 0 Å². The summed E-state index contributed by atoms with van der Waals surface area (Å²) in [5.74, 6) is 0.842. The van der Waals surface area contributed by atoms with E-state index in [1.807, 2.05) is 20.8 Å². The van der Waals surface area contributed by atoms with Gasteiger partial charge in [-0.15, -0.1) is 0 Å². The fourth-order valence-corrected chi connectivity index (χ4v) is 1.73. The highest BCUT2D eigenvalue weighted by atomic mass is 16.6. The number of rotatable bonds is 8. The number of hydrogen-bond acceptors (Lipinski definition) is 4. The maximum Gasteiger partial charge on any atom is 0.407 e. The molecule has 20 heavy (non-hydrogen) atoms. The third kappa shape index (κ3) is 10.0. The molecule has 1 amide bonds. The number of carbonyl (C=O) groups is 1. The van der Waals surface area contributed by atoms with Crippen LogP contribution >= 0.6 is 0 Å². The second kappa shape index (κ2) is 9.19. The molecule has 5 nitrogen and oxygen atoms in total. The highest BCUT2D eigenvalue weighted by Crippen LogP contribution is 2.10. The van der Waals surface area contributed by atoms with Gasteiger partial charge in [0.15, 0.2) is 0 Å². The van der Waals surface area contributed by atoms with Crippen LogP contribution in [0.3, 0.4) is 0 Å². The maximum atomic E-state index is 11.7. The molecule has 0 aromatic carbocycles. The van der Waals surface area contributed by atoms with Crippen molar-refractivity contribution in [3.05, 3.63) is 0 Å². The van der Waals surface area contributed by atoms with Crippen molar-refractivity contribution >= 4 is 6.09 Å². The molecule has 0 fully saturated rings. The van der Waals surface area contributed by atoms with E-state index in [1.54, 1.807) is 7.11 Å². The Morgan fingerprint density at radius 2 is 1.75 bits per heavy atom. The summed E-state index contributed by atoms with van der Waals surface area (Å²) in [6, 6.07) is 0.308. The zero-order valence-corrected chi connectivity index (χ0v) is 14.1. The van der Waals surface area contributed by atoms with E-state index in [-0.39, 0.29) is 6.09 Å². The number of carbonyl (C=O) groups excluding carboxylic acids is 1. The molecular weight excluding hydrogens is 256 g/mol. The lowest BCUT2D eigenvalue weighted by Crippen LogP contribution is -2.42. The molecule has 0 aromatic rings. The van der Waals surface area contributed by atoms with E-state index in [1.165, 1.54) is 0 Å². The Morgan fingerprint density at radius 1 is 1.15 bits per heavy atom. The summed E-state index contributed by atoms with van der Waals surface area (Å²) < 4.78 is 10.3. The summed E-state index contributed by atoms with van der Waals surface area (Å²) in [5.41, 5.74) is -0.456. The van der Waals surface area contributed by atoms with Crippen LogP contribution in [0.15, 0.2) is 0 Å². The van der Waals surface area contributed by atoms with Crippen LogP contribution in [0, 0.1) is 11.8 Å². The molecule has 2 N–H and O–H groups in total. The van der Waals surface area contributed by atoms with Gasteiger partial charge in [0.05, 0.1) is 6.61 Å². The minimum Gasteiger partial charge on any atom is -0.444 e. The van der Waals surface area contributed by atoms with E-state index >= 15 is 0 Å². The van der Waals surface area contributed by atoms with Gasteiger partial charge in [-0.2, -0.15) is 0 Å². The van der Waals surface area contributed by atoms with Crippen molar-refractivity contribution in [2.75, 3.05) is 26.8 Å². The van der Waals surface area contributed by atoms with E-state index in [4.69, 9.17) is 9.47 Å². The lowest BCUT2D eigenvalue weighted by Gasteiger charge is -2.25. The molecule has 0 rings (SSSR count). The first-order valence-electron chi connectivity index (χ1n) is 7.35. The maximum absolute atomic E-state index is 11.7. The monoisotopic (exact) mass is 288 g/mol. The molecule has 0 aliphatic rings. The highest BCUT2D eigenvalue weighted by molar-refractivity contribution is 5.67. The Balaban J connectivity index is 4.12. The third-order valence-corrected chi connectivity index (χ3v) is 3.00. The molecule has 0 aliphatic heterocycles. The standard InChI is InChI=1S/C15H32N2O3/c1-11(2)13(8-16-12(3)10-19-7)9-17-14(18)20-15(4,5)6/h11-13,16H,8-10H2,1-7H3,(H,17,18). The van der Waals surface area contributed by atoms with Crippen molar-refractivity contribution in [2.45, 2.75) is 53.2 Å². The molecule has 0 spiro atoms. The van der Waals surface area contributed by atoms with Gasteiger partial charge in [-0.25, -0.2) is 4.79 Å². The number of ether oxygens (including phenoxy) is 2. The van der Waals surface area contributed by atoms with Gasteiger partial charge in [0.25, 0.3) is 0 Å². The first kappa shape index (κ1) is 19.2. The van der Waals surface area contributed by atoms with Crippen molar-refractivity contribution in [3.63, 3.8) is 0 Å². The Hall–Kier alpha value is -0.810. The fraction of sp³-hybridized carbons (Fsp3) is 0.933. The van der Waals surface area contributed by atoms with Crippen molar-refractivity contribution in [2.24, 2.45) is 11.8 Å². The van der Waals surface area contributed by atoms with Crippen LogP contribution in [-0.4, -0.2) is 44.5 Å². The molecule has 0 aliphatic carbocycles. The van der Waals surface area contributed by atoms with Gasteiger partial charge in [0.2, 0.25) is 0 Å². The van der Waals surface area contributed by atoms with E-state index < -0.39 is 5.60 Å². The van der Waals surface area contributed by atoms with Crippen LogP contribution in [-0.2, 0) is 9.47 Å². The average Bonchev–Trinajstić information content (AvgIpc) is 2.26. The third-order valence-electron chi connectivity index (χ3n) is 3.00. The molecular formula is C15H32N2O3. The number of alkyl carbamates (subject to hydrolysis) is 1. The molecule has 5 heteroatoms. The van der Waals surface area contributed by atoms with Gasteiger partial charge in [0, 0.05) is 26.2 Å². The molecule has 0 saturated carbocycles. The van der Waals surface area contributed by atoms with Crippen LogP contribution in [0.2, 0.25) is 0 Å². The van der Waals surface area contributed by atoms with Gasteiger partial charge < -0.3 is 20.1 Å². The SMILES string of the molecule is COCC(C)NCC(CNC(=O)OC(C)(C)C)C(C)C. The number of hydrogen-bond donors (Lipinski definition) is 2. The summed E-state index contributed by atoms with van der Waals surface area (Å²) in [7, 11) is 1.70. The normalized spacial score (nSPS) is 15.0. The lowest BCUT2D eigenvalue weighted by molar-refractivity contribution is 0.0514. The number of amides is 1. The van der Waals surface area contributed by atoms with Crippen LogP contribution in [0.5, 0.6) is 0 Å². The molecule has 0 saturated heterocycles. The summed E-state index contributed by atoms with van der Waals surface area (Å²) in [4.78, 5) is 11.7. The number of methoxy groups -OCH3 is 1. The van der Waals surface area contributed by atoms with E-state index in [9.17, 15) is 4.79 Å². The predicted molar refractivity (Wildman–Crippen MR) is 81.9 cm³/mol. The molecule has 2 unspecified atom stereocenters. The molecule has 0 aromatic heterocycles. The molecule has 120 valence electrons. The van der Waals surface area contributed by atoms with Crippen LogP contribution in [0.1, 0.15) is 41.5 Å². The Morgan fingerprint density at radius 3 is 2.20 bits per heavy atom. The zero-order chi connectivity index (χ0) is 15.8. The van der Waals surface area contributed by atoms with Crippen molar-refractivity contribution in [1.82, 2.24) is 10.6 Å². The quantitative estimate of drug-likeness (QED) is 0.720. The van der Waals surface area contributed by atoms with Crippen molar-refractivity contribution in [1.29, 1.82) is 0 Å². The van der Waals surface area contributed by atoms with Crippen molar-refractivity contribution < 1.29 is 14.3 Å². The van der Waals surface area contributed by atoms with Crippen LogP contribution < -0.4 is 10.6 Å². The van der Waals surface area contributed by atoms with E-state index in [2.05, 4.69) is 31.4 Å². The topological polar surface area (TPSA) is 59.6 Å². The lowest BCUT2D eigenvalue weighted by atomic mass is 9.95. The molecule has 2 atom stereocenters. The Bertz CT molecular complexity index is 275. The number of nitrogens with one attached hydrogen (secondary N) is 2. The van der Waals surface area contributed by atoms with Gasteiger partial charge >= 0.3 is 6.09 Å². The molecule has 0 radical (unpaired) electrons. The summed E-state index contributed by atoms with van der Waals surface area (Å²) >= 11 is 0. The van der Waals surface area contributed by atoms with Gasteiger partial charge in [0.1, 0.15) is 5.60 Å². The summed E-state index contributed by atoms with van der Waals surface area (Å²) in [6.45, 7) is 14.1. The summed E-state index contributed by atoms with van der Waals surface area (Å²) in [6.07, 6.45) is -0.354. The zero-order valence-electron chi connectivity index (χ0n) is 14.1. The largest absolute Gasteiger partial charge is 0.444 e. The molecule has 0 bridgehead atoms. The first-order valence-corrected chi connectivity index (χ1v) is 7.35. The summed E-state index contributed by atoms with van der Waals surface area (Å²) in [5, 5.41) is 6.26. The smallest absolute Gasteiger partial charge is 0.407 e.